The number of ether oxygens (including phenoxy) is 1. The van der Waals surface area contributed by atoms with Gasteiger partial charge in [0.05, 0.1) is 5.69 Å². The van der Waals surface area contributed by atoms with E-state index < -0.39 is 0 Å². The first-order valence-corrected chi connectivity index (χ1v) is 11.5. The summed E-state index contributed by atoms with van der Waals surface area (Å²) in [7, 11) is 0. The van der Waals surface area contributed by atoms with Crippen LogP contribution in [0.15, 0.2) is 60.7 Å². The van der Waals surface area contributed by atoms with Crippen LogP contribution in [0.2, 0.25) is 10.0 Å². The number of carbonyl (C=O) groups excluding carboxylic acids is 1. The van der Waals surface area contributed by atoms with E-state index in [1.165, 1.54) is 0 Å². The van der Waals surface area contributed by atoms with Crippen molar-refractivity contribution < 1.29 is 9.53 Å². The molecule has 6 rings (SSSR count). The molecule has 1 heterocycles. The van der Waals surface area contributed by atoms with E-state index >= 15 is 0 Å². The average Bonchev–Trinajstić information content (AvgIpc) is 2.73. The molecule has 32 heavy (non-hydrogen) atoms. The van der Waals surface area contributed by atoms with E-state index in [4.69, 9.17) is 32.9 Å². The summed E-state index contributed by atoms with van der Waals surface area (Å²) in [6.45, 7) is 2.03. The normalized spacial score (nSPS) is 23.1. The number of aryl methyl sites for hydroxylation is 1. The molecule has 164 valence electrons. The van der Waals surface area contributed by atoms with Crippen LogP contribution < -0.4 is 10.1 Å². The Morgan fingerprint density at radius 1 is 1.06 bits per heavy atom. The zero-order chi connectivity index (χ0) is 22.3. The zero-order valence-corrected chi connectivity index (χ0v) is 19.3. The van der Waals surface area contributed by atoms with Gasteiger partial charge in [-0.1, -0.05) is 41.4 Å². The first kappa shape index (κ1) is 21.3. The topological polar surface area (TPSA) is 51.2 Å². The standard InChI is InChI=1S/C26H24Cl2N2O2/c1-17-11-21(9-10-22(17)28)32-13-20(31)12-25-14-26(15-25,16-25)30-24-4-2-3-23(29-24)18-5-7-19(27)8-6-18/h2-11H,12-16H2,1H3,(H,29,30). The van der Waals surface area contributed by atoms with Crippen LogP contribution in [0.1, 0.15) is 31.2 Å². The van der Waals surface area contributed by atoms with Gasteiger partial charge in [-0.3, -0.25) is 4.79 Å². The summed E-state index contributed by atoms with van der Waals surface area (Å²) < 4.78 is 5.68. The van der Waals surface area contributed by atoms with Crippen molar-refractivity contribution in [1.29, 1.82) is 0 Å². The van der Waals surface area contributed by atoms with Crippen LogP contribution in [0, 0.1) is 12.3 Å². The van der Waals surface area contributed by atoms with Crippen LogP contribution in [0.25, 0.3) is 11.3 Å². The first-order chi connectivity index (χ1) is 15.3. The van der Waals surface area contributed by atoms with E-state index in [-0.39, 0.29) is 23.3 Å². The molecule has 3 aliphatic rings. The zero-order valence-electron chi connectivity index (χ0n) is 17.8. The molecule has 4 nitrogen and oxygen atoms in total. The number of anilines is 1. The Balaban J connectivity index is 1.13. The number of ketones is 1. The summed E-state index contributed by atoms with van der Waals surface area (Å²) in [5.74, 6) is 1.70. The van der Waals surface area contributed by atoms with Gasteiger partial charge in [0.2, 0.25) is 0 Å². The molecule has 0 saturated heterocycles. The van der Waals surface area contributed by atoms with Gasteiger partial charge in [0.1, 0.15) is 18.2 Å². The number of nitrogens with one attached hydrogen (secondary N) is 1. The number of pyridine rings is 1. The quantitative estimate of drug-likeness (QED) is 0.399. The molecule has 0 aliphatic heterocycles. The van der Waals surface area contributed by atoms with Gasteiger partial charge in [-0.15, -0.1) is 0 Å². The third-order valence-electron chi connectivity index (χ3n) is 6.52. The SMILES string of the molecule is Cc1cc(OCC(=O)CC23CC(Nc4cccc(-c5ccc(Cl)cc5)n4)(C2)C3)ccc1Cl. The van der Waals surface area contributed by atoms with Crippen molar-refractivity contribution in [1.82, 2.24) is 4.98 Å². The highest BCUT2D eigenvalue weighted by molar-refractivity contribution is 6.31. The highest BCUT2D eigenvalue weighted by Gasteiger charge is 2.68. The molecule has 2 bridgehead atoms. The minimum absolute atomic E-state index is 0.0695. The molecule has 0 radical (unpaired) electrons. The van der Waals surface area contributed by atoms with Crippen molar-refractivity contribution in [3.63, 3.8) is 0 Å². The van der Waals surface area contributed by atoms with E-state index in [9.17, 15) is 4.79 Å². The molecule has 0 unspecified atom stereocenters. The summed E-state index contributed by atoms with van der Waals surface area (Å²) in [5, 5.41) is 5.03. The van der Waals surface area contributed by atoms with Crippen LogP contribution in [0.3, 0.4) is 0 Å². The summed E-state index contributed by atoms with van der Waals surface area (Å²) in [6, 6.07) is 19.2. The van der Waals surface area contributed by atoms with Gasteiger partial charge in [-0.2, -0.15) is 0 Å². The van der Waals surface area contributed by atoms with E-state index in [1.807, 2.05) is 55.5 Å². The number of nitrogens with zero attached hydrogens (tertiary/aromatic N) is 1. The van der Waals surface area contributed by atoms with Crippen LogP contribution in [-0.4, -0.2) is 22.9 Å². The molecule has 3 fully saturated rings. The fraction of sp³-hybridized carbons (Fsp3) is 0.308. The Hall–Kier alpha value is -2.56. The third-order valence-corrected chi connectivity index (χ3v) is 7.20. The van der Waals surface area contributed by atoms with Crippen molar-refractivity contribution in [3.8, 4) is 17.0 Å². The highest BCUT2D eigenvalue weighted by atomic mass is 35.5. The number of hydrogen-bond donors (Lipinski definition) is 1. The molecule has 0 amide bonds. The van der Waals surface area contributed by atoms with Crippen LogP contribution in [-0.2, 0) is 4.79 Å². The number of carbonyl (C=O) groups is 1. The van der Waals surface area contributed by atoms with Gasteiger partial charge < -0.3 is 10.1 Å². The number of hydrogen-bond acceptors (Lipinski definition) is 4. The Bertz CT molecular complexity index is 1160. The van der Waals surface area contributed by atoms with Crippen molar-refractivity contribution in [2.75, 3.05) is 11.9 Å². The summed E-state index contributed by atoms with van der Waals surface area (Å²) in [4.78, 5) is 17.3. The maximum Gasteiger partial charge on any atom is 0.170 e. The number of rotatable bonds is 8. The number of halogens is 2. The second-order valence-corrected chi connectivity index (χ2v) is 10.1. The molecule has 0 atom stereocenters. The number of Topliss-reactive ketones (excluding diaryl/α,β-unsaturated/α-hetero) is 1. The monoisotopic (exact) mass is 466 g/mol. The Labute approximate surface area is 197 Å². The van der Waals surface area contributed by atoms with E-state index in [0.717, 1.165) is 41.9 Å². The van der Waals surface area contributed by atoms with Crippen molar-refractivity contribution in [2.24, 2.45) is 5.41 Å². The minimum Gasteiger partial charge on any atom is -0.486 e. The molecule has 0 spiro atoms. The molecule has 6 heteroatoms. The van der Waals surface area contributed by atoms with Crippen LogP contribution in [0.5, 0.6) is 5.75 Å². The molecule has 2 aromatic carbocycles. The Kier molecular flexibility index (Phi) is 5.39. The summed E-state index contributed by atoms with van der Waals surface area (Å²) >= 11 is 12.0. The predicted octanol–water partition coefficient (Wildman–Crippen LogP) is 6.74. The van der Waals surface area contributed by atoms with Gasteiger partial charge in [0.25, 0.3) is 0 Å². The minimum atomic E-state index is 0.0695. The summed E-state index contributed by atoms with van der Waals surface area (Å²) in [6.07, 6.45) is 3.57. The first-order valence-electron chi connectivity index (χ1n) is 10.8. The lowest BCUT2D eigenvalue weighted by atomic mass is 9.38. The smallest absolute Gasteiger partial charge is 0.170 e. The average molecular weight is 467 g/mol. The van der Waals surface area contributed by atoms with Crippen molar-refractivity contribution >= 4 is 34.8 Å². The number of benzene rings is 2. The molecule has 1 N–H and O–H groups in total. The maximum absolute atomic E-state index is 12.5. The predicted molar refractivity (Wildman–Crippen MR) is 129 cm³/mol. The lowest BCUT2D eigenvalue weighted by Crippen LogP contribution is -2.71. The Morgan fingerprint density at radius 2 is 1.81 bits per heavy atom. The van der Waals surface area contributed by atoms with Gasteiger partial charge >= 0.3 is 0 Å². The van der Waals surface area contributed by atoms with Crippen molar-refractivity contribution in [2.45, 2.75) is 38.1 Å². The fourth-order valence-electron chi connectivity index (χ4n) is 5.22. The fourth-order valence-corrected chi connectivity index (χ4v) is 5.46. The van der Waals surface area contributed by atoms with E-state index in [2.05, 4.69) is 5.32 Å². The van der Waals surface area contributed by atoms with Crippen molar-refractivity contribution in [3.05, 3.63) is 76.3 Å². The Morgan fingerprint density at radius 3 is 2.53 bits per heavy atom. The van der Waals surface area contributed by atoms with Gasteiger partial charge in [-0.05, 0) is 79.6 Å². The molecular weight excluding hydrogens is 443 g/mol. The molecule has 3 saturated carbocycles. The lowest BCUT2D eigenvalue weighted by molar-refractivity contribution is -0.147. The molecular formula is C26H24Cl2N2O2. The van der Waals surface area contributed by atoms with E-state index in [1.54, 1.807) is 12.1 Å². The molecule has 1 aromatic heterocycles. The highest BCUT2D eigenvalue weighted by Crippen LogP contribution is 2.70. The van der Waals surface area contributed by atoms with Gasteiger partial charge in [0.15, 0.2) is 5.78 Å². The second kappa shape index (κ2) is 8.09. The van der Waals surface area contributed by atoms with Gasteiger partial charge in [-0.25, -0.2) is 4.98 Å². The van der Waals surface area contributed by atoms with Gasteiger partial charge in [0, 0.05) is 27.6 Å². The third kappa shape index (κ3) is 4.22. The summed E-state index contributed by atoms with van der Waals surface area (Å²) in [5.41, 5.74) is 3.08. The lowest BCUT2D eigenvalue weighted by Gasteiger charge is -2.71. The molecule has 3 aromatic rings. The van der Waals surface area contributed by atoms with Crippen LogP contribution >= 0.6 is 23.2 Å². The second-order valence-electron chi connectivity index (χ2n) is 9.27. The molecule has 3 aliphatic carbocycles. The van der Waals surface area contributed by atoms with Crippen LogP contribution in [0.4, 0.5) is 5.82 Å². The number of aromatic nitrogens is 1. The largest absolute Gasteiger partial charge is 0.486 e. The van der Waals surface area contributed by atoms with E-state index in [0.29, 0.717) is 22.2 Å². The maximum atomic E-state index is 12.5.